The fourth-order valence-electron chi connectivity index (χ4n) is 7.84. The Hall–Kier alpha value is -3.34. The van der Waals surface area contributed by atoms with Gasteiger partial charge in [-0.3, -0.25) is 4.79 Å². The Kier molecular flexibility index (Phi) is 9.25. The number of hydrogen-bond donors (Lipinski definition) is 2. The van der Waals surface area contributed by atoms with Crippen LogP contribution in [0.5, 0.6) is 5.75 Å². The van der Waals surface area contributed by atoms with E-state index in [1.54, 1.807) is 18.2 Å². The Balaban J connectivity index is 1.65. The molecule has 3 atom stereocenters. The van der Waals surface area contributed by atoms with Crippen molar-refractivity contribution in [3.63, 3.8) is 0 Å². The van der Waals surface area contributed by atoms with Crippen LogP contribution in [0, 0.1) is 26.7 Å². The minimum Gasteiger partial charge on any atom is -0.508 e. The number of carbonyl (C=O) groups is 2. The van der Waals surface area contributed by atoms with Crippen molar-refractivity contribution in [2.45, 2.75) is 117 Å². The fraction of sp³-hybridized carbons (Fsp3) is 0.514. The molecule has 1 fully saturated rings. The third kappa shape index (κ3) is 6.07. The summed E-state index contributed by atoms with van der Waals surface area (Å²) in [5.41, 5.74) is 8.72. The van der Waals surface area contributed by atoms with Crippen LogP contribution in [0.25, 0.3) is 0 Å². The van der Waals surface area contributed by atoms with Crippen molar-refractivity contribution in [2.24, 2.45) is 5.92 Å². The van der Waals surface area contributed by atoms with Gasteiger partial charge >= 0.3 is 5.97 Å². The molecule has 1 saturated carbocycles. The van der Waals surface area contributed by atoms with E-state index >= 15 is 0 Å². The predicted octanol–water partition coefficient (Wildman–Crippen LogP) is 8.36. The second-order valence-corrected chi connectivity index (χ2v) is 12.8. The van der Waals surface area contributed by atoms with Crippen molar-refractivity contribution in [3.8, 4) is 5.75 Å². The first-order chi connectivity index (χ1) is 20.2. The smallest absolute Gasteiger partial charge is 0.337 e. The van der Waals surface area contributed by atoms with Gasteiger partial charge in [-0.2, -0.15) is 0 Å². The van der Waals surface area contributed by atoms with E-state index in [0.717, 1.165) is 61.9 Å². The van der Waals surface area contributed by atoms with Gasteiger partial charge in [0.15, 0.2) is 5.78 Å². The van der Waals surface area contributed by atoms with E-state index < -0.39 is 5.92 Å². The van der Waals surface area contributed by atoms with Gasteiger partial charge in [0.25, 0.3) is 0 Å². The normalized spacial score (nSPS) is 22.1. The van der Waals surface area contributed by atoms with Crippen LogP contribution in [-0.2, 0) is 14.3 Å². The maximum Gasteiger partial charge on any atom is 0.337 e. The lowest BCUT2D eigenvalue weighted by molar-refractivity contribution is -0.146. The second-order valence-electron chi connectivity index (χ2n) is 12.8. The molecule has 1 aliphatic heterocycles. The predicted molar refractivity (Wildman–Crippen MR) is 167 cm³/mol. The van der Waals surface area contributed by atoms with Gasteiger partial charge in [0.2, 0.25) is 0 Å². The quantitative estimate of drug-likeness (QED) is 0.312. The molecule has 0 radical (unpaired) electrons. The summed E-state index contributed by atoms with van der Waals surface area (Å²) in [5.74, 6) is -0.499. The zero-order valence-corrected chi connectivity index (χ0v) is 26.0. The molecule has 2 N–H and O–H groups in total. The van der Waals surface area contributed by atoms with Crippen molar-refractivity contribution in [3.05, 3.63) is 86.8 Å². The summed E-state index contributed by atoms with van der Waals surface area (Å²) in [6.45, 7) is 10.7. The van der Waals surface area contributed by atoms with E-state index in [0.29, 0.717) is 24.0 Å². The summed E-state index contributed by atoms with van der Waals surface area (Å²) < 4.78 is 6.23. The summed E-state index contributed by atoms with van der Waals surface area (Å²) in [6, 6.07) is 11.5. The molecule has 0 bridgehead atoms. The first-order valence-corrected chi connectivity index (χ1v) is 16.1. The minimum atomic E-state index is -0.570. The Bertz CT molecular complexity index is 1390. The molecule has 42 heavy (non-hydrogen) atoms. The number of nitrogens with one attached hydrogen (secondary N) is 1. The summed E-state index contributed by atoms with van der Waals surface area (Å²) >= 11 is 0. The Morgan fingerprint density at radius 2 is 1.74 bits per heavy atom. The monoisotopic (exact) mass is 569 g/mol. The number of ketones is 1. The van der Waals surface area contributed by atoms with Gasteiger partial charge in [0.05, 0.1) is 5.57 Å². The number of ether oxygens (including phenoxy) is 1. The first kappa shape index (κ1) is 30.1. The highest BCUT2D eigenvalue weighted by Gasteiger charge is 2.44. The fourth-order valence-corrected chi connectivity index (χ4v) is 7.84. The Morgan fingerprint density at radius 1 is 1.02 bits per heavy atom. The van der Waals surface area contributed by atoms with Crippen LogP contribution in [0.15, 0.2) is 58.9 Å². The van der Waals surface area contributed by atoms with Crippen LogP contribution in [-0.4, -0.2) is 23.0 Å². The van der Waals surface area contributed by atoms with E-state index in [-0.39, 0.29) is 35.4 Å². The van der Waals surface area contributed by atoms with E-state index in [1.165, 1.54) is 28.7 Å². The third-order valence-electron chi connectivity index (χ3n) is 9.59. The van der Waals surface area contributed by atoms with Crippen molar-refractivity contribution < 1.29 is 19.4 Å². The molecule has 3 aliphatic rings. The average molecular weight is 570 g/mol. The molecular formula is C37H47NO4. The van der Waals surface area contributed by atoms with Crippen LogP contribution in [0.1, 0.15) is 118 Å². The summed E-state index contributed by atoms with van der Waals surface area (Å²) in [6.07, 6.45) is 8.88. The van der Waals surface area contributed by atoms with Crippen LogP contribution < -0.4 is 5.32 Å². The number of Topliss-reactive ketones (excluding diaryl/α,β-unsaturated/α-hetero) is 1. The number of allylic oxidation sites excluding steroid dienone is 3. The van der Waals surface area contributed by atoms with Gasteiger partial charge in [-0.1, -0.05) is 56.5 Å². The lowest BCUT2D eigenvalue weighted by atomic mass is 9.69. The number of carbonyl (C=O) groups excluding carboxylic acids is 2. The molecule has 2 aromatic carbocycles. The molecule has 2 aliphatic carbocycles. The number of benzene rings is 2. The van der Waals surface area contributed by atoms with Gasteiger partial charge in [-0.15, -0.1) is 0 Å². The molecule has 2 aromatic rings. The number of rotatable bonds is 8. The van der Waals surface area contributed by atoms with Crippen LogP contribution >= 0.6 is 0 Å². The molecule has 3 unspecified atom stereocenters. The molecule has 5 rings (SSSR count). The summed E-state index contributed by atoms with van der Waals surface area (Å²) in [4.78, 5) is 28.5. The largest absolute Gasteiger partial charge is 0.508 e. The molecule has 0 spiro atoms. The zero-order valence-electron chi connectivity index (χ0n) is 26.0. The van der Waals surface area contributed by atoms with Crippen molar-refractivity contribution >= 4 is 11.8 Å². The highest BCUT2D eigenvalue weighted by atomic mass is 16.5. The number of aromatic hydroxyl groups is 1. The molecule has 0 saturated heterocycles. The molecule has 0 amide bonds. The highest BCUT2D eigenvalue weighted by Crippen LogP contribution is 2.49. The molecule has 224 valence electrons. The Labute approximate surface area is 251 Å². The van der Waals surface area contributed by atoms with Crippen LogP contribution in [0.2, 0.25) is 0 Å². The van der Waals surface area contributed by atoms with Crippen LogP contribution in [0.4, 0.5) is 0 Å². The lowest BCUT2D eigenvalue weighted by Gasteiger charge is -2.40. The number of esters is 1. The van der Waals surface area contributed by atoms with Gasteiger partial charge in [0.1, 0.15) is 11.9 Å². The van der Waals surface area contributed by atoms with E-state index in [2.05, 4.69) is 52.1 Å². The molecular weight excluding hydrogens is 522 g/mol. The topological polar surface area (TPSA) is 75.6 Å². The number of phenols is 1. The lowest BCUT2D eigenvalue weighted by Crippen LogP contribution is -2.39. The van der Waals surface area contributed by atoms with Crippen molar-refractivity contribution in [1.82, 2.24) is 5.32 Å². The number of aryl methyl sites for hydroxylation is 3. The molecule has 0 aromatic heterocycles. The molecule has 1 heterocycles. The van der Waals surface area contributed by atoms with Crippen molar-refractivity contribution in [1.29, 1.82) is 0 Å². The van der Waals surface area contributed by atoms with E-state index in [9.17, 15) is 14.7 Å². The second kappa shape index (κ2) is 12.9. The van der Waals surface area contributed by atoms with Gasteiger partial charge in [0, 0.05) is 29.3 Å². The summed E-state index contributed by atoms with van der Waals surface area (Å²) in [7, 11) is 0. The van der Waals surface area contributed by atoms with E-state index in [4.69, 9.17) is 4.74 Å². The number of dihydropyridines is 1. The molecule has 5 nitrogen and oxygen atoms in total. The average Bonchev–Trinajstić information content (AvgIpc) is 2.95. The van der Waals surface area contributed by atoms with Gasteiger partial charge in [-0.25, -0.2) is 4.79 Å². The minimum absolute atomic E-state index is 0.0621. The summed E-state index contributed by atoms with van der Waals surface area (Å²) in [5, 5.41) is 14.3. The number of phenolic OH excluding ortho intramolecular Hbond substituents is 1. The third-order valence-corrected chi connectivity index (χ3v) is 9.59. The van der Waals surface area contributed by atoms with Crippen LogP contribution in [0.3, 0.4) is 0 Å². The first-order valence-electron chi connectivity index (χ1n) is 16.1. The van der Waals surface area contributed by atoms with Gasteiger partial charge < -0.3 is 15.2 Å². The zero-order chi connectivity index (χ0) is 30.0. The van der Waals surface area contributed by atoms with Crippen molar-refractivity contribution in [2.75, 3.05) is 0 Å². The van der Waals surface area contributed by atoms with E-state index in [1.807, 2.05) is 6.07 Å². The molecule has 5 heteroatoms. The van der Waals surface area contributed by atoms with Gasteiger partial charge in [-0.05, 0) is 112 Å². The number of hydrogen-bond acceptors (Lipinski definition) is 5. The maximum atomic E-state index is 14.3. The SMILES string of the molecule is CCCC(CC)C1=C(C(=O)OC2CCCCC2)C(c2cccc(O)c2)C2=C(CC(c3c(C)cc(C)cc3C)CC2=O)N1. The standard InChI is InChI=1S/C37H47NO4/c1-6-12-25(7-2)36-35(37(41)42-29-15-9-8-10-16-29)33(26-13-11-14-28(39)19-26)34-30(38-36)20-27(21-31(34)40)32-23(4)17-22(3)18-24(32)5/h11,13-14,17-19,25,27,29,33,38-39H,6-10,12,15-16,20-21H2,1-5H3. The Morgan fingerprint density at radius 3 is 2.38 bits per heavy atom. The maximum absolute atomic E-state index is 14.3. The highest BCUT2D eigenvalue weighted by molar-refractivity contribution is 6.04.